The van der Waals surface area contributed by atoms with Crippen LogP contribution in [0.3, 0.4) is 0 Å². The summed E-state index contributed by atoms with van der Waals surface area (Å²) < 4.78 is 27.0. The van der Waals surface area contributed by atoms with E-state index in [0.717, 1.165) is 49.9 Å². The lowest BCUT2D eigenvalue weighted by Crippen LogP contribution is -2.19. The molecule has 0 aliphatic carbocycles. The van der Waals surface area contributed by atoms with Crippen molar-refractivity contribution in [2.75, 3.05) is 40.1 Å². The van der Waals surface area contributed by atoms with E-state index in [-0.39, 0.29) is 16.9 Å². The molecule has 2 aliphatic heterocycles. The predicted octanol–water partition coefficient (Wildman–Crippen LogP) is 8.79. The Morgan fingerprint density at radius 1 is 0.652 bits per heavy atom. The Morgan fingerprint density at radius 3 is 1.48 bits per heavy atom. The zero-order valence-corrected chi connectivity index (χ0v) is 28.4. The van der Waals surface area contributed by atoms with Gasteiger partial charge in [0.1, 0.15) is 30.0 Å². The van der Waals surface area contributed by atoms with Gasteiger partial charge < -0.3 is 23.7 Å². The Bertz CT molecular complexity index is 1480. The van der Waals surface area contributed by atoms with E-state index in [9.17, 15) is 0 Å². The van der Waals surface area contributed by atoms with E-state index in [0.29, 0.717) is 19.1 Å². The smallest absolute Gasteiger partial charge is 0.119 e. The summed E-state index contributed by atoms with van der Waals surface area (Å²) in [6, 6.07) is 34.5. The first-order valence-corrected chi connectivity index (χ1v) is 16.5. The number of benzene rings is 4. The summed E-state index contributed by atoms with van der Waals surface area (Å²) >= 11 is 0. The third-order valence-corrected chi connectivity index (χ3v) is 9.14. The average Bonchev–Trinajstić information content (AvgIpc) is 4.00. The second-order valence-electron chi connectivity index (χ2n) is 13.6. The SMILES string of the molecule is C1CO1.COc1ccc(C(C)(C)c2ccc(OCC(C)CCc3ccc(C(C)(C)c4ccc(OCC5CO5)cc4)cc3)cc2)cc1. The number of hydrogen-bond donors (Lipinski definition) is 0. The Morgan fingerprint density at radius 2 is 1.07 bits per heavy atom. The molecular formula is C41H50O5. The highest BCUT2D eigenvalue weighted by atomic mass is 16.6. The molecule has 244 valence electrons. The van der Waals surface area contributed by atoms with Gasteiger partial charge >= 0.3 is 0 Å². The van der Waals surface area contributed by atoms with Crippen LogP contribution in [0.5, 0.6) is 17.2 Å². The maximum atomic E-state index is 6.18. The number of aryl methyl sites for hydroxylation is 1. The number of ether oxygens (including phenoxy) is 5. The fourth-order valence-electron chi connectivity index (χ4n) is 5.45. The Labute approximate surface area is 275 Å². The van der Waals surface area contributed by atoms with Crippen LogP contribution < -0.4 is 14.2 Å². The highest BCUT2D eigenvalue weighted by molar-refractivity contribution is 5.43. The van der Waals surface area contributed by atoms with E-state index in [1.807, 2.05) is 12.1 Å². The molecule has 0 aromatic heterocycles. The molecule has 0 radical (unpaired) electrons. The Hall–Kier alpha value is -3.80. The molecule has 0 amide bonds. The first-order chi connectivity index (χ1) is 22.1. The number of hydrogen-bond acceptors (Lipinski definition) is 5. The molecule has 5 nitrogen and oxygen atoms in total. The number of epoxide rings is 2. The Kier molecular flexibility index (Phi) is 11.1. The number of methoxy groups -OCH3 is 1. The van der Waals surface area contributed by atoms with Gasteiger partial charge in [0, 0.05) is 10.8 Å². The molecule has 6 rings (SSSR count). The molecule has 2 saturated heterocycles. The molecule has 2 unspecified atom stereocenters. The van der Waals surface area contributed by atoms with E-state index in [2.05, 4.69) is 124 Å². The van der Waals surface area contributed by atoms with Crippen LogP contribution in [0, 0.1) is 5.92 Å². The fraction of sp³-hybridized carbons (Fsp3) is 0.415. The van der Waals surface area contributed by atoms with E-state index < -0.39 is 0 Å². The lowest BCUT2D eigenvalue weighted by molar-refractivity contribution is 0.252. The van der Waals surface area contributed by atoms with E-state index in [1.54, 1.807) is 7.11 Å². The van der Waals surface area contributed by atoms with Crippen LogP contribution >= 0.6 is 0 Å². The molecule has 4 aromatic rings. The molecule has 2 aliphatic rings. The van der Waals surface area contributed by atoms with Gasteiger partial charge in [0.05, 0.1) is 33.5 Å². The number of rotatable bonds is 14. The van der Waals surface area contributed by atoms with Crippen molar-refractivity contribution in [2.24, 2.45) is 5.92 Å². The lowest BCUT2D eigenvalue weighted by Gasteiger charge is -2.26. The van der Waals surface area contributed by atoms with Gasteiger partial charge in [0.2, 0.25) is 0 Å². The van der Waals surface area contributed by atoms with Crippen LogP contribution in [0.4, 0.5) is 0 Å². The molecule has 0 N–H and O–H groups in total. The highest BCUT2D eigenvalue weighted by Crippen LogP contribution is 2.34. The van der Waals surface area contributed by atoms with Crippen molar-refractivity contribution in [3.8, 4) is 17.2 Å². The Balaban J connectivity index is 0.00000131. The van der Waals surface area contributed by atoms with Crippen LogP contribution in [0.15, 0.2) is 97.1 Å². The first kappa shape index (κ1) is 33.6. The molecule has 2 heterocycles. The monoisotopic (exact) mass is 622 g/mol. The average molecular weight is 623 g/mol. The second-order valence-corrected chi connectivity index (χ2v) is 13.6. The minimum Gasteiger partial charge on any atom is -0.497 e. The van der Waals surface area contributed by atoms with Crippen LogP contribution in [0.1, 0.15) is 68.9 Å². The van der Waals surface area contributed by atoms with Gasteiger partial charge in [-0.3, -0.25) is 0 Å². The van der Waals surface area contributed by atoms with Crippen LogP contribution in [-0.2, 0) is 26.7 Å². The fourth-order valence-corrected chi connectivity index (χ4v) is 5.45. The topological polar surface area (TPSA) is 52.8 Å². The van der Waals surface area contributed by atoms with Crippen molar-refractivity contribution in [1.82, 2.24) is 0 Å². The third-order valence-electron chi connectivity index (χ3n) is 9.14. The van der Waals surface area contributed by atoms with Gasteiger partial charge in [-0.1, -0.05) is 95.3 Å². The predicted molar refractivity (Wildman–Crippen MR) is 186 cm³/mol. The zero-order chi connectivity index (χ0) is 32.6. The van der Waals surface area contributed by atoms with Crippen molar-refractivity contribution in [2.45, 2.75) is 64.4 Å². The summed E-state index contributed by atoms with van der Waals surface area (Å²) in [5.41, 5.74) is 6.28. The largest absolute Gasteiger partial charge is 0.497 e. The van der Waals surface area contributed by atoms with Crippen molar-refractivity contribution >= 4 is 0 Å². The van der Waals surface area contributed by atoms with E-state index in [1.165, 1.54) is 27.8 Å². The van der Waals surface area contributed by atoms with Crippen LogP contribution in [-0.4, -0.2) is 46.2 Å². The molecule has 0 spiro atoms. The van der Waals surface area contributed by atoms with Gasteiger partial charge in [0.15, 0.2) is 0 Å². The van der Waals surface area contributed by atoms with Crippen molar-refractivity contribution in [3.63, 3.8) is 0 Å². The van der Waals surface area contributed by atoms with Gasteiger partial charge in [-0.05, 0) is 83.0 Å². The summed E-state index contributed by atoms with van der Waals surface area (Å²) in [4.78, 5) is 0. The van der Waals surface area contributed by atoms with Crippen LogP contribution in [0.2, 0.25) is 0 Å². The minimum atomic E-state index is -0.103. The van der Waals surface area contributed by atoms with E-state index in [4.69, 9.17) is 18.9 Å². The minimum absolute atomic E-state index is 0.0861. The third kappa shape index (κ3) is 9.37. The molecular weight excluding hydrogens is 572 g/mol. The quantitative estimate of drug-likeness (QED) is 0.132. The normalized spacial score (nSPS) is 16.1. The van der Waals surface area contributed by atoms with Gasteiger partial charge in [-0.15, -0.1) is 0 Å². The standard InChI is InChI=1S/C39H46O4.C2H4O/c1-28(25-41-35-21-15-33(16-22-35)39(4,5)31-13-19-34(40-6)20-14-31)7-8-29-9-11-30(12-10-29)38(2,3)32-17-23-36(24-18-32)42-26-37-27-43-37;1-2-3-1/h9-24,28,37H,7-8,25-27H2,1-6H3;1-2H2. The van der Waals surface area contributed by atoms with Crippen molar-refractivity contribution in [1.29, 1.82) is 0 Å². The molecule has 46 heavy (non-hydrogen) atoms. The van der Waals surface area contributed by atoms with Crippen molar-refractivity contribution < 1.29 is 23.7 Å². The molecule has 0 saturated carbocycles. The second kappa shape index (κ2) is 15.2. The highest BCUT2D eigenvalue weighted by Gasteiger charge is 2.25. The van der Waals surface area contributed by atoms with Gasteiger partial charge in [-0.2, -0.15) is 0 Å². The molecule has 0 bridgehead atoms. The summed E-state index contributed by atoms with van der Waals surface area (Å²) in [5.74, 6) is 3.15. The summed E-state index contributed by atoms with van der Waals surface area (Å²) in [5, 5.41) is 0. The molecule has 5 heteroatoms. The maximum absolute atomic E-state index is 6.18. The zero-order valence-electron chi connectivity index (χ0n) is 28.4. The van der Waals surface area contributed by atoms with Gasteiger partial charge in [-0.25, -0.2) is 0 Å². The van der Waals surface area contributed by atoms with Gasteiger partial charge in [0.25, 0.3) is 0 Å². The lowest BCUT2D eigenvalue weighted by atomic mass is 9.78. The summed E-state index contributed by atoms with van der Waals surface area (Å²) in [7, 11) is 1.70. The van der Waals surface area contributed by atoms with Crippen molar-refractivity contribution in [3.05, 3.63) is 125 Å². The molecule has 4 aromatic carbocycles. The summed E-state index contributed by atoms with van der Waals surface area (Å²) in [6.45, 7) is 15.5. The first-order valence-electron chi connectivity index (χ1n) is 16.5. The van der Waals surface area contributed by atoms with E-state index >= 15 is 0 Å². The maximum Gasteiger partial charge on any atom is 0.119 e. The molecule has 2 fully saturated rings. The summed E-state index contributed by atoms with van der Waals surface area (Å²) in [6.07, 6.45) is 2.39. The van der Waals surface area contributed by atoms with Crippen LogP contribution in [0.25, 0.3) is 0 Å². The molecule has 2 atom stereocenters.